The molecular formula is C17H17F3N4O. The van der Waals surface area contributed by atoms with E-state index in [0.29, 0.717) is 11.6 Å². The van der Waals surface area contributed by atoms with Crippen LogP contribution in [-0.4, -0.2) is 29.0 Å². The van der Waals surface area contributed by atoms with E-state index in [1.165, 1.54) is 6.07 Å². The topological polar surface area (TPSA) is 58.1 Å². The van der Waals surface area contributed by atoms with Gasteiger partial charge in [0.25, 0.3) is 5.91 Å². The molecule has 1 fully saturated rings. The Morgan fingerprint density at radius 3 is 2.52 bits per heavy atom. The second kappa shape index (κ2) is 7.08. The molecule has 1 aliphatic rings. The van der Waals surface area contributed by atoms with Crippen molar-refractivity contribution < 1.29 is 18.0 Å². The molecule has 8 heteroatoms. The molecule has 5 nitrogen and oxygen atoms in total. The van der Waals surface area contributed by atoms with Crippen LogP contribution >= 0.6 is 0 Å². The molecule has 0 saturated carbocycles. The average molecular weight is 350 g/mol. The van der Waals surface area contributed by atoms with Crippen molar-refractivity contribution in [2.24, 2.45) is 0 Å². The molecular weight excluding hydrogens is 333 g/mol. The summed E-state index contributed by atoms with van der Waals surface area (Å²) >= 11 is 0. The minimum atomic E-state index is -1.63. The zero-order valence-corrected chi connectivity index (χ0v) is 13.7. The molecule has 1 aromatic carbocycles. The third-order valence-electron chi connectivity index (χ3n) is 4.00. The number of anilines is 2. The van der Waals surface area contributed by atoms with Crippen molar-refractivity contribution in [2.45, 2.75) is 26.2 Å². The number of aromatic nitrogens is 2. The monoisotopic (exact) mass is 350 g/mol. The van der Waals surface area contributed by atoms with Gasteiger partial charge >= 0.3 is 0 Å². The maximum absolute atomic E-state index is 13.7. The molecule has 0 atom stereocenters. The lowest BCUT2D eigenvalue weighted by atomic mass is 10.1. The number of nitrogens with one attached hydrogen (secondary N) is 1. The van der Waals surface area contributed by atoms with Crippen molar-refractivity contribution in [3.63, 3.8) is 0 Å². The van der Waals surface area contributed by atoms with Crippen molar-refractivity contribution in [3.05, 3.63) is 47.0 Å². The predicted octanol–water partition coefficient (Wildman–Crippen LogP) is 3.44. The third kappa shape index (κ3) is 3.72. The van der Waals surface area contributed by atoms with E-state index in [9.17, 15) is 18.0 Å². The lowest BCUT2D eigenvalue weighted by Crippen LogP contribution is -2.31. The fraction of sp³-hybridized carbons (Fsp3) is 0.353. The summed E-state index contributed by atoms with van der Waals surface area (Å²) in [6.45, 7) is 3.34. The second-order valence-corrected chi connectivity index (χ2v) is 5.92. The van der Waals surface area contributed by atoms with Crippen LogP contribution in [0.1, 0.15) is 35.4 Å². The van der Waals surface area contributed by atoms with Crippen molar-refractivity contribution in [3.8, 4) is 0 Å². The Balaban J connectivity index is 1.85. The molecule has 2 aromatic rings. The molecule has 0 aliphatic carbocycles. The third-order valence-corrected chi connectivity index (χ3v) is 4.00. The normalized spacial score (nSPS) is 14.5. The van der Waals surface area contributed by atoms with Crippen molar-refractivity contribution >= 4 is 17.5 Å². The smallest absolute Gasteiger partial charge is 0.274 e. The number of nitrogens with zero attached hydrogens (tertiary/aromatic N) is 3. The molecule has 1 saturated heterocycles. The van der Waals surface area contributed by atoms with Crippen LogP contribution in [0.4, 0.5) is 24.8 Å². The predicted molar refractivity (Wildman–Crippen MR) is 87.1 cm³/mol. The Morgan fingerprint density at radius 2 is 1.80 bits per heavy atom. The zero-order chi connectivity index (χ0) is 18.0. The van der Waals surface area contributed by atoms with Crippen LogP contribution in [0, 0.1) is 24.4 Å². The van der Waals surface area contributed by atoms with Gasteiger partial charge in [0.05, 0.1) is 5.69 Å². The molecule has 0 bridgehead atoms. The minimum Gasteiger partial charge on any atom is -0.341 e. The summed E-state index contributed by atoms with van der Waals surface area (Å²) in [7, 11) is 0. The SMILES string of the molecule is Cc1cc(C(=O)Nc2ccc(F)c(F)c2F)nc(N2CCCCC2)n1. The van der Waals surface area contributed by atoms with Crippen LogP contribution in [-0.2, 0) is 0 Å². The van der Waals surface area contributed by atoms with Gasteiger partial charge in [-0.2, -0.15) is 0 Å². The molecule has 0 spiro atoms. The highest BCUT2D eigenvalue weighted by atomic mass is 19.2. The number of halogens is 3. The largest absolute Gasteiger partial charge is 0.341 e. The first-order chi connectivity index (χ1) is 12.0. The molecule has 1 amide bonds. The Labute approximate surface area is 142 Å². The number of amides is 1. The molecule has 2 heterocycles. The molecule has 0 unspecified atom stereocenters. The summed E-state index contributed by atoms with van der Waals surface area (Å²) in [6.07, 6.45) is 3.20. The summed E-state index contributed by atoms with van der Waals surface area (Å²) in [5.74, 6) is -4.67. The van der Waals surface area contributed by atoms with Crippen LogP contribution < -0.4 is 10.2 Å². The molecule has 0 radical (unpaired) electrons. The van der Waals surface area contributed by atoms with Gasteiger partial charge in [0.15, 0.2) is 17.5 Å². The maximum atomic E-state index is 13.7. The number of rotatable bonds is 3. The van der Waals surface area contributed by atoms with Gasteiger partial charge in [-0.15, -0.1) is 0 Å². The van der Waals surface area contributed by atoms with Gasteiger partial charge in [0, 0.05) is 18.8 Å². The van der Waals surface area contributed by atoms with E-state index in [1.54, 1.807) is 6.92 Å². The molecule has 1 aromatic heterocycles. The van der Waals surface area contributed by atoms with Gasteiger partial charge in [-0.3, -0.25) is 4.79 Å². The average Bonchev–Trinajstić information content (AvgIpc) is 2.62. The Bertz CT molecular complexity index is 807. The fourth-order valence-electron chi connectivity index (χ4n) is 2.71. The number of benzene rings is 1. The molecule has 25 heavy (non-hydrogen) atoms. The number of piperidine rings is 1. The van der Waals surface area contributed by atoms with Gasteiger partial charge in [0.1, 0.15) is 5.69 Å². The first kappa shape index (κ1) is 17.2. The summed E-state index contributed by atoms with van der Waals surface area (Å²) in [4.78, 5) is 22.9. The van der Waals surface area contributed by atoms with Gasteiger partial charge in [-0.1, -0.05) is 0 Å². The van der Waals surface area contributed by atoms with Crippen molar-refractivity contribution in [2.75, 3.05) is 23.3 Å². The zero-order valence-electron chi connectivity index (χ0n) is 13.7. The van der Waals surface area contributed by atoms with Gasteiger partial charge in [-0.25, -0.2) is 23.1 Å². The van der Waals surface area contributed by atoms with Crippen LogP contribution in [0.2, 0.25) is 0 Å². The highest BCUT2D eigenvalue weighted by Crippen LogP contribution is 2.21. The number of carbonyl (C=O) groups excluding carboxylic acids is 1. The standard InChI is InChI=1S/C17H17F3N4O/c1-10-9-13(23-17(21-10)24-7-3-2-4-8-24)16(25)22-12-6-5-11(18)14(19)15(12)20/h5-6,9H,2-4,7-8H2,1H3,(H,22,25). The van der Waals surface area contributed by atoms with Crippen LogP contribution in [0.15, 0.2) is 18.2 Å². The quantitative estimate of drug-likeness (QED) is 0.862. The summed E-state index contributed by atoms with van der Waals surface area (Å²) in [6, 6.07) is 3.17. The van der Waals surface area contributed by atoms with Crippen LogP contribution in [0.5, 0.6) is 0 Å². The first-order valence-electron chi connectivity index (χ1n) is 8.01. The van der Waals surface area contributed by atoms with Gasteiger partial charge in [-0.05, 0) is 44.4 Å². The molecule has 1 N–H and O–H groups in total. The lowest BCUT2D eigenvalue weighted by molar-refractivity contribution is 0.102. The van der Waals surface area contributed by atoms with E-state index in [4.69, 9.17) is 0 Å². The Hall–Kier alpha value is -2.64. The van der Waals surface area contributed by atoms with E-state index < -0.39 is 29.0 Å². The highest BCUT2D eigenvalue weighted by Gasteiger charge is 2.19. The Kier molecular flexibility index (Phi) is 4.87. The van der Waals surface area contributed by atoms with E-state index >= 15 is 0 Å². The summed E-state index contributed by atoms with van der Waals surface area (Å²) < 4.78 is 40.0. The van der Waals surface area contributed by atoms with Gasteiger partial charge < -0.3 is 10.2 Å². The van der Waals surface area contributed by atoms with E-state index in [-0.39, 0.29) is 5.69 Å². The summed E-state index contributed by atoms with van der Waals surface area (Å²) in [5.41, 5.74) is 0.184. The number of aryl methyl sites for hydroxylation is 1. The fourth-order valence-corrected chi connectivity index (χ4v) is 2.71. The van der Waals surface area contributed by atoms with Crippen LogP contribution in [0.3, 0.4) is 0 Å². The molecule has 132 valence electrons. The van der Waals surface area contributed by atoms with E-state index in [2.05, 4.69) is 15.3 Å². The van der Waals surface area contributed by atoms with Crippen LogP contribution in [0.25, 0.3) is 0 Å². The number of hydrogen-bond donors (Lipinski definition) is 1. The minimum absolute atomic E-state index is 0.0391. The Morgan fingerprint density at radius 1 is 1.08 bits per heavy atom. The van der Waals surface area contributed by atoms with E-state index in [0.717, 1.165) is 44.5 Å². The van der Waals surface area contributed by atoms with E-state index in [1.807, 2.05) is 4.90 Å². The first-order valence-corrected chi connectivity index (χ1v) is 8.01. The maximum Gasteiger partial charge on any atom is 0.274 e. The van der Waals surface area contributed by atoms with Crippen molar-refractivity contribution in [1.82, 2.24) is 9.97 Å². The molecule has 3 rings (SSSR count). The van der Waals surface area contributed by atoms with Crippen molar-refractivity contribution in [1.29, 1.82) is 0 Å². The number of carbonyl (C=O) groups is 1. The van der Waals surface area contributed by atoms with Gasteiger partial charge in [0.2, 0.25) is 5.95 Å². The summed E-state index contributed by atoms with van der Waals surface area (Å²) in [5, 5.41) is 2.22. The second-order valence-electron chi connectivity index (χ2n) is 5.92. The number of hydrogen-bond acceptors (Lipinski definition) is 4. The lowest BCUT2D eigenvalue weighted by Gasteiger charge is -2.27. The highest BCUT2D eigenvalue weighted by molar-refractivity contribution is 6.03. The molecule has 1 aliphatic heterocycles.